The van der Waals surface area contributed by atoms with E-state index >= 15 is 0 Å². The monoisotopic (exact) mass is 341 g/mol. The molecule has 23 heavy (non-hydrogen) atoms. The first-order valence-electron chi connectivity index (χ1n) is 7.46. The smallest absolute Gasteiger partial charge is 0.0767 e. The number of aryl methyl sites for hydroxylation is 1. The first-order chi connectivity index (χ1) is 11.1. The summed E-state index contributed by atoms with van der Waals surface area (Å²) in [6, 6.07) is 24.2. The third-order valence-corrected chi connectivity index (χ3v) is 4.27. The summed E-state index contributed by atoms with van der Waals surface area (Å²) in [5, 5.41) is 5.06. The molecule has 3 aromatic carbocycles. The van der Waals surface area contributed by atoms with E-state index in [1.54, 1.807) is 0 Å². The molecular weight excluding hydrogens is 325 g/mol. The summed E-state index contributed by atoms with van der Waals surface area (Å²) in [5.41, 5.74) is 4.62. The molecule has 0 aliphatic heterocycles. The topological polar surface area (TPSA) is 12.0 Å². The number of halogens is 2. The lowest BCUT2D eigenvalue weighted by Crippen LogP contribution is -2.12. The highest BCUT2D eigenvalue weighted by Crippen LogP contribution is 2.28. The second-order valence-corrected chi connectivity index (χ2v) is 6.42. The van der Waals surface area contributed by atoms with Crippen LogP contribution in [0.25, 0.3) is 0 Å². The second kappa shape index (κ2) is 7.08. The van der Waals surface area contributed by atoms with Crippen molar-refractivity contribution < 1.29 is 0 Å². The van der Waals surface area contributed by atoms with Crippen molar-refractivity contribution in [1.29, 1.82) is 0 Å². The summed E-state index contributed by atoms with van der Waals surface area (Å²) in [6.45, 7) is 2.08. The Kier molecular flexibility index (Phi) is 4.90. The van der Waals surface area contributed by atoms with Crippen molar-refractivity contribution in [2.45, 2.75) is 13.0 Å². The number of rotatable bonds is 4. The first-order valence-corrected chi connectivity index (χ1v) is 8.21. The van der Waals surface area contributed by atoms with Crippen LogP contribution in [0, 0.1) is 6.92 Å². The van der Waals surface area contributed by atoms with Gasteiger partial charge in [0.1, 0.15) is 0 Å². The van der Waals surface area contributed by atoms with Gasteiger partial charge in [-0.05, 0) is 54.4 Å². The van der Waals surface area contributed by atoms with E-state index in [-0.39, 0.29) is 6.04 Å². The maximum absolute atomic E-state index is 6.02. The lowest BCUT2D eigenvalue weighted by Gasteiger charge is -2.21. The Morgan fingerprint density at radius 3 is 1.52 bits per heavy atom. The molecule has 116 valence electrons. The van der Waals surface area contributed by atoms with Gasteiger partial charge in [0.2, 0.25) is 0 Å². The molecule has 1 N–H and O–H groups in total. The quantitative estimate of drug-likeness (QED) is 0.570. The SMILES string of the molecule is Cc1ccc(NC(c2ccc(Cl)cc2)c2ccc(Cl)cc2)cc1. The molecule has 1 nitrogen and oxygen atoms in total. The molecular formula is C20H17Cl2N. The fraction of sp³-hybridized carbons (Fsp3) is 0.100. The lowest BCUT2D eigenvalue weighted by atomic mass is 9.98. The van der Waals surface area contributed by atoms with Crippen molar-refractivity contribution in [3.8, 4) is 0 Å². The van der Waals surface area contributed by atoms with Gasteiger partial charge in [0, 0.05) is 15.7 Å². The highest BCUT2D eigenvalue weighted by molar-refractivity contribution is 6.30. The summed E-state index contributed by atoms with van der Waals surface area (Å²) in [5.74, 6) is 0. The Hall–Kier alpha value is -1.96. The molecule has 0 radical (unpaired) electrons. The van der Waals surface area contributed by atoms with E-state index in [2.05, 4.69) is 36.5 Å². The highest BCUT2D eigenvalue weighted by atomic mass is 35.5. The van der Waals surface area contributed by atoms with Crippen LogP contribution in [-0.4, -0.2) is 0 Å². The summed E-state index contributed by atoms with van der Waals surface area (Å²) in [7, 11) is 0. The standard InChI is InChI=1S/C20H17Cl2N/c1-14-2-12-19(13-3-14)23-20(15-4-8-17(21)9-5-15)16-6-10-18(22)11-7-16/h2-13,20,23H,1H3. The van der Waals surface area contributed by atoms with Gasteiger partial charge >= 0.3 is 0 Å². The number of benzene rings is 3. The van der Waals surface area contributed by atoms with Gasteiger partial charge in [0.25, 0.3) is 0 Å². The molecule has 0 fully saturated rings. The average Bonchev–Trinajstić information content (AvgIpc) is 2.56. The van der Waals surface area contributed by atoms with Crippen LogP contribution in [0.2, 0.25) is 10.0 Å². The fourth-order valence-electron chi connectivity index (χ4n) is 2.49. The van der Waals surface area contributed by atoms with Crippen molar-refractivity contribution in [3.05, 3.63) is 99.5 Å². The Bertz CT molecular complexity index is 717. The molecule has 0 unspecified atom stereocenters. The third kappa shape index (κ3) is 4.07. The number of anilines is 1. The van der Waals surface area contributed by atoms with Gasteiger partial charge in [-0.15, -0.1) is 0 Å². The molecule has 0 aliphatic carbocycles. The van der Waals surface area contributed by atoms with Crippen LogP contribution in [-0.2, 0) is 0 Å². The van der Waals surface area contributed by atoms with Gasteiger partial charge in [-0.1, -0.05) is 65.2 Å². The molecule has 3 heteroatoms. The third-order valence-electron chi connectivity index (χ3n) is 3.77. The zero-order valence-corrected chi connectivity index (χ0v) is 14.3. The van der Waals surface area contributed by atoms with Crippen LogP contribution in [0.4, 0.5) is 5.69 Å². The second-order valence-electron chi connectivity index (χ2n) is 5.55. The van der Waals surface area contributed by atoms with Crippen LogP contribution < -0.4 is 5.32 Å². The molecule has 0 aliphatic rings. The van der Waals surface area contributed by atoms with Crippen LogP contribution >= 0.6 is 23.2 Å². The van der Waals surface area contributed by atoms with Crippen molar-refractivity contribution in [2.75, 3.05) is 5.32 Å². The Morgan fingerprint density at radius 2 is 1.09 bits per heavy atom. The van der Waals surface area contributed by atoms with E-state index < -0.39 is 0 Å². The van der Waals surface area contributed by atoms with E-state index in [4.69, 9.17) is 23.2 Å². The minimum Gasteiger partial charge on any atom is -0.374 e. The Morgan fingerprint density at radius 1 is 0.652 bits per heavy atom. The largest absolute Gasteiger partial charge is 0.374 e. The average molecular weight is 342 g/mol. The van der Waals surface area contributed by atoms with E-state index in [0.29, 0.717) is 0 Å². The molecule has 3 aromatic rings. The highest BCUT2D eigenvalue weighted by Gasteiger charge is 2.14. The molecule has 0 bridgehead atoms. The van der Waals surface area contributed by atoms with E-state index in [1.165, 1.54) is 5.56 Å². The zero-order chi connectivity index (χ0) is 16.2. The molecule has 0 saturated carbocycles. The summed E-state index contributed by atoms with van der Waals surface area (Å²) in [4.78, 5) is 0. The Labute approximate surface area is 146 Å². The Balaban J connectivity index is 1.97. The minimum absolute atomic E-state index is 0.0345. The van der Waals surface area contributed by atoms with Gasteiger partial charge in [-0.3, -0.25) is 0 Å². The van der Waals surface area contributed by atoms with Crippen LogP contribution in [0.15, 0.2) is 72.8 Å². The van der Waals surface area contributed by atoms with Gasteiger partial charge in [-0.2, -0.15) is 0 Å². The maximum atomic E-state index is 6.02. The number of hydrogen-bond acceptors (Lipinski definition) is 1. The molecule has 3 rings (SSSR count). The first kappa shape index (κ1) is 15.9. The lowest BCUT2D eigenvalue weighted by molar-refractivity contribution is 0.939. The zero-order valence-electron chi connectivity index (χ0n) is 12.8. The molecule has 0 atom stereocenters. The van der Waals surface area contributed by atoms with Gasteiger partial charge in [0.05, 0.1) is 6.04 Å². The fourth-order valence-corrected chi connectivity index (χ4v) is 2.74. The van der Waals surface area contributed by atoms with Crippen LogP contribution in [0.5, 0.6) is 0 Å². The number of nitrogens with one attached hydrogen (secondary N) is 1. The maximum Gasteiger partial charge on any atom is 0.0767 e. The minimum atomic E-state index is 0.0345. The van der Waals surface area contributed by atoms with Crippen LogP contribution in [0.1, 0.15) is 22.7 Å². The normalized spacial score (nSPS) is 10.8. The van der Waals surface area contributed by atoms with Crippen molar-refractivity contribution in [1.82, 2.24) is 0 Å². The number of hydrogen-bond donors (Lipinski definition) is 1. The van der Waals surface area contributed by atoms with Crippen molar-refractivity contribution in [3.63, 3.8) is 0 Å². The molecule has 0 aromatic heterocycles. The predicted octanol–water partition coefficient (Wildman–Crippen LogP) is 6.50. The van der Waals surface area contributed by atoms with Crippen LogP contribution in [0.3, 0.4) is 0 Å². The molecule has 0 spiro atoms. The van der Waals surface area contributed by atoms with Gasteiger partial charge in [0.15, 0.2) is 0 Å². The predicted molar refractivity (Wildman–Crippen MR) is 99.5 cm³/mol. The summed E-state index contributed by atoms with van der Waals surface area (Å²) >= 11 is 12.0. The van der Waals surface area contributed by atoms with Crippen molar-refractivity contribution in [2.24, 2.45) is 0 Å². The van der Waals surface area contributed by atoms with Gasteiger partial charge < -0.3 is 5.32 Å². The molecule has 0 saturated heterocycles. The molecule has 0 amide bonds. The summed E-state index contributed by atoms with van der Waals surface area (Å²) in [6.07, 6.45) is 0. The van der Waals surface area contributed by atoms with Gasteiger partial charge in [-0.25, -0.2) is 0 Å². The van der Waals surface area contributed by atoms with E-state index in [0.717, 1.165) is 26.9 Å². The molecule has 0 heterocycles. The van der Waals surface area contributed by atoms with Crippen molar-refractivity contribution >= 4 is 28.9 Å². The van der Waals surface area contributed by atoms with E-state index in [1.807, 2.05) is 48.5 Å². The van der Waals surface area contributed by atoms with E-state index in [9.17, 15) is 0 Å². The summed E-state index contributed by atoms with van der Waals surface area (Å²) < 4.78 is 0.